The fraction of sp³-hybridized carbons (Fsp3) is 0.684. The zero-order chi connectivity index (χ0) is 43.5. The summed E-state index contributed by atoms with van der Waals surface area (Å²) in [6.45, 7) is 2.77. The Morgan fingerprint density at radius 1 is 0.847 bits per heavy atom. The number of amides is 2. The zero-order valence-electron chi connectivity index (χ0n) is 32.5. The number of alkyl halides is 9. The molecule has 21 heteroatoms. The molecule has 5 fully saturated rings. The molecule has 2 aromatic heterocycles. The molecular formula is C38H50F9N7O3S2. The molecule has 4 aliphatic carbocycles. The van der Waals surface area contributed by atoms with Gasteiger partial charge in [0.15, 0.2) is 0 Å². The third-order valence-electron chi connectivity index (χ3n) is 12.2. The summed E-state index contributed by atoms with van der Waals surface area (Å²) in [5, 5.41) is 16.6. The van der Waals surface area contributed by atoms with Crippen LogP contribution in [0.1, 0.15) is 71.6 Å². The number of halogens is 9. The van der Waals surface area contributed by atoms with Crippen molar-refractivity contribution in [2.45, 2.75) is 106 Å². The van der Waals surface area contributed by atoms with Crippen molar-refractivity contribution in [3.8, 4) is 0 Å². The standard InChI is InChI=1S/C18H23F5N4O2S.C18H21F4N3OS.C2H6/c19-17(20)4-1-11(2-5-17)13-8-27(10-18(21,22)23)9-14(13)16(28)26-12-3-6-25-15(7-12)30(24)29;19-17(20)4-1-9(2-5-17)11-8-12-15(18(12,21)22)14(11)16(26)25-10-3-6-24-13(7-10)27-23;1-2/h3,6-7,11,13-14H,1-2,4-5,8-10,24H2,(H,25,26,28);3,6-7,9,11-12,14-15H,1-2,4-5,8,23H2,(H,24,25,26);1-2H3/t13-,14+,30?;11?,12?,14-,15?;/m00./s1. The minimum absolute atomic E-state index is 0.0300. The number of hydrogen-bond donors (Lipinski definition) is 4. The van der Waals surface area contributed by atoms with Crippen molar-refractivity contribution in [1.29, 1.82) is 0 Å². The van der Waals surface area contributed by atoms with Gasteiger partial charge in [0.05, 0.1) is 18.4 Å². The van der Waals surface area contributed by atoms with Crippen molar-refractivity contribution in [2.24, 2.45) is 57.6 Å². The lowest BCUT2D eigenvalue weighted by atomic mass is 9.72. The predicted molar refractivity (Wildman–Crippen MR) is 205 cm³/mol. The van der Waals surface area contributed by atoms with E-state index in [-0.39, 0.29) is 99.3 Å². The number of aromatic nitrogens is 2. The Bertz CT molecular complexity index is 1790. The summed E-state index contributed by atoms with van der Waals surface area (Å²) in [6.07, 6.45) is -1.56. The van der Waals surface area contributed by atoms with Gasteiger partial charge < -0.3 is 10.6 Å². The van der Waals surface area contributed by atoms with Gasteiger partial charge in [-0.05, 0) is 92.0 Å². The van der Waals surface area contributed by atoms with Crippen molar-refractivity contribution in [1.82, 2.24) is 14.9 Å². The first-order valence-corrected chi connectivity index (χ1v) is 21.7. The van der Waals surface area contributed by atoms with Crippen LogP contribution in [-0.2, 0) is 20.6 Å². The molecule has 6 N–H and O–H groups in total. The molecule has 0 aromatic carbocycles. The largest absolute Gasteiger partial charge is 0.401 e. The Morgan fingerprint density at radius 2 is 1.37 bits per heavy atom. The molecule has 4 saturated carbocycles. The number of nitrogens with zero attached hydrogens (tertiary/aromatic N) is 3. The number of rotatable bonds is 9. The second-order valence-corrected chi connectivity index (χ2v) is 17.5. The molecule has 0 radical (unpaired) electrons. The molecule has 2 aromatic rings. The molecule has 0 spiro atoms. The summed E-state index contributed by atoms with van der Waals surface area (Å²) in [5.41, 5.74) is 0.719. The van der Waals surface area contributed by atoms with Crippen molar-refractivity contribution in [3.63, 3.8) is 0 Å². The summed E-state index contributed by atoms with van der Waals surface area (Å²) in [7, 11) is -1.86. The van der Waals surface area contributed by atoms with Crippen LogP contribution in [0.3, 0.4) is 0 Å². The third-order valence-corrected chi connectivity index (χ3v) is 13.3. The highest BCUT2D eigenvalue weighted by Gasteiger charge is 2.77. The van der Waals surface area contributed by atoms with E-state index in [2.05, 4.69) is 20.6 Å². The summed E-state index contributed by atoms with van der Waals surface area (Å²) >= 11 is 0.920. The number of nitrogens with one attached hydrogen (secondary N) is 2. The maximum atomic E-state index is 14.0. The van der Waals surface area contributed by atoms with Gasteiger partial charge in [-0.15, -0.1) is 0 Å². The van der Waals surface area contributed by atoms with Crippen LogP contribution in [0.5, 0.6) is 0 Å². The molecule has 5 aliphatic rings. The molecule has 330 valence electrons. The topological polar surface area (TPSA) is 156 Å². The zero-order valence-corrected chi connectivity index (χ0v) is 34.1. The fourth-order valence-electron chi connectivity index (χ4n) is 9.40. The highest BCUT2D eigenvalue weighted by molar-refractivity contribution is 7.97. The molecule has 10 nitrogen and oxygen atoms in total. The van der Waals surface area contributed by atoms with Crippen LogP contribution < -0.4 is 20.9 Å². The summed E-state index contributed by atoms with van der Waals surface area (Å²) in [4.78, 5) is 34.7. The fourth-order valence-corrected chi connectivity index (χ4v) is 10.1. The smallest absolute Gasteiger partial charge is 0.326 e. The predicted octanol–water partition coefficient (Wildman–Crippen LogP) is 8.29. The summed E-state index contributed by atoms with van der Waals surface area (Å²) < 4.78 is 132. The maximum Gasteiger partial charge on any atom is 0.401 e. The van der Waals surface area contributed by atoms with Crippen LogP contribution >= 0.6 is 11.9 Å². The van der Waals surface area contributed by atoms with Crippen LogP contribution in [0.25, 0.3) is 0 Å². The molecule has 3 heterocycles. The minimum Gasteiger partial charge on any atom is -0.326 e. The summed E-state index contributed by atoms with van der Waals surface area (Å²) in [5.74, 6) is -13.7. The first-order chi connectivity index (χ1) is 27.7. The van der Waals surface area contributed by atoms with Crippen LogP contribution in [0.2, 0.25) is 0 Å². The van der Waals surface area contributed by atoms with E-state index in [0.717, 1.165) is 16.8 Å². The average Bonchev–Trinajstić information content (AvgIpc) is 3.50. The van der Waals surface area contributed by atoms with Gasteiger partial charge in [0.2, 0.25) is 23.7 Å². The monoisotopic (exact) mass is 887 g/mol. The van der Waals surface area contributed by atoms with Crippen LogP contribution in [0.15, 0.2) is 46.7 Å². The van der Waals surface area contributed by atoms with Gasteiger partial charge in [0.25, 0.3) is 5.92 Å². The number of anilines is 2. The number of nitrogens with two attached hydrogens (primary N) is 2. The minimum atomic E-state index is -4.42. The Kier molecular flexibility index (Phi) is 15.1. The van der Waals surface area contributed by atoms with Gasteiger partial charge in [-0.1, -0.05) is 13.8 Å². The van der Waals surface area contributed by atoms with Gasteiger partial charge in [-0.3, -0.25) is 19.6 Å². The molecule has 1 aliphatic heterocycles. The SMILES string of the molecule is CC.NS(=O)c1cc(NC(=O)[C@@H]2CN(CC(F)(F)F)C[C@H]2C2CCC(F)(F)CC2)ccn1.NSc1cc(NC(=O)[C@H]2C(C3CCC(F)(F)CC3)CC3C2C3(F)F)ccn1. The van der Waals surface area contributed by atoms with E-state index >= 15 is 0 Å². The van der Waals surface area contributed by atoms with Gasteiger partial charge in [-0.2, -0.15) is 13.2 Å². The van der Waals surface area contributed by atoms with E-state index in [0.29, 0.717) is 10.7 Å². The van der Waals surface area contributed by atoms with Crippen molar-refractivity contribution < 1.29 is 53.3 Å². The second kappa shape index (κ2) is 18.9. The van der Waals surface area contributed by atoms with Crippen LogP contribution in [0, 0.1) is 47.3 Å². The molecular weight excluding hydrogens is 838 g/mol. The molecule has 1 saturated heterocycles. The van der Waals surface area contributed by atoms with Crippen LogP contribution in [-0.4, -0.2) is 74.5 Å². The number of pyridine rings is 2. The van der Waals surface area contributed by atoms with E-state index in [1.807, 2.05) is 13.8 Å². The molecule has 7 atom stereocenters. The van der Waals surface area contributed by atoms with E-state index < -0.39 is 82.9 Å². The van der Waals surface area contributed by atoms with Gasteiger partial charge in [0.1, 0.15) is 21.0 Å². The lowest BCUT2D eigenvalue weighted by Crippen LogP contribution is -2.37. The molecule has 7 rings (SSSR count). The third kappa shape index (κ3) is 11.9. The number of likely N-dealkylation sites (tertiary alicyclic amines) is 1. The molecule has 4 unspecified atom stereocenters. The number of carbonyl (C=O) groups is 2. The lowest BCUT2D eigenvalue weighted by molar-refractivity contribution is -0.144. The van der Waals surface area contributed by atoms with Gasteiger partial charge in [0, 0.05) is 74.4 Å². The Morgan fingerprint density at radius 3 is 1.92 bits per heavy atom. The quantitative estimate of drug-likeness (QED) is 0.145. The molecule has 2 amide bonds. The lowest BCUT2D eigenvalue weighted by Gasteiger charge is -2.36. The first kappa shape index (κ1) is 47.0. The van der Waals surface area contributed by atoms with E-state index in [1.165, 1.54) is 24.5 Å². The molecule has 59 heavy (non-hydrogen) atoms. The van der Waals surface area contributed by atoms with E-state index in [9.17, 15) is 53.3 Å². The highest BCUT2D eigenvalue weighted by atomic mass is 32.2. The Balaban J connectivity index is 0.000000216. The normalized spacial score (nSPS) is 29.2. The summed E-state index contributed by atoms with van der Waals surface area (Å²) in [6, 6.07) is 5.93. The Hall–Kier alpha value is -3.01. The second-order valence-electron chi connectivity index (χ2n) is 15.9. The highest BCUT2D eigenvalue weighted by Crippen LogP contribution is 2.70. The van der Waals surface area contributed by atoms with Crippen molar-refractivity contribution >= 4 is 46.1 Å². The first-order valence-electron chi connectivity index (χ1n) is 19.7. The van der Waals surface area contributed by atoms with E-state index in [1.54, 1.807) is 12.1 Å². The number of fused-ring (bicyclic) bond motifs is 1. The van der Waals surface area contributed by atoms with Gasteiger partial charge >= 0.3 is 6.18 Å². The average molecular weight is 888 g/mol. The Labute approximate surface area is 343 Å². The molecule has 0 bridgehead atoms. The van der Waals surface area contributed by atoms with E-state index in [4.69, 9.17) is 10.3 Å². The van der Waals surface area contributed by atoms with Crippen molar-refractivity contribution in [2.75, 3.05) is 30.3 Å². The van der Waals surface area contributed by atoms with Crippen molar-refractivity contribution in [3.05, 3.63) is 36.7 Å². The maximum absolute atomic E-state index is 14.0. The van der Waals surface area contributed by atoms with Gasteiger partial charge in [-0.25, -0.2) is 45.7 Å². The number of hydrogen-bond acceptors (Lipinski definition) is 8. The van der Waals surface area contributed by atoms with Crippen LogP contribution in [0.4, 0.5) is 50.9 Å². The number of carbonyl (C=O) groups excluding carboxylic acids is 2.